The summed E-state index contributed by atoms with van der Waals surface area (Å²) in [5.74, 6) is -0.236. The Kier molecular flexibility index (Phi) is 4.74. The lowest BCUT2D eigenvalue weighted by Gasteiger charge is -1.98. The smallest absolute Gasteiger partial charge is 0.363 e. The van der Waals surface area contributed by atoms with Crippen molar-refractivity contribution in [2.24, 2.45) is 4.99 Å². The lowest BCUT2D eigenvalue weighted by molar-refractivity contribution is -0.130. The number of cyclic esters (lactones) is 1. The van der Waals surface area contributed by atoms with Gasteiger partial charge in [-0.25, -0.2) is 9.79 Å². The summed E-state index contributed by atoms with van der Waals surface area (Å²) in [5.41, 5.74) is 1.85. The molecule has 0 fully saturated rings. The molecule has 2 aromatic carbocycles. The molecule has 0 saturated heterocycles. The summed E-state index contributed by atoms with van der Waals surface area (Å²) in [6.07, 6.45) is 3.26. The minimum atomic E-state index is -0.512. The Bertz CT molecular complexity index is 824. The third kappa shape index (κ3) is 3.97. The Labute approximate surface area is 147 Å². The molecule has 0 atom stereocenters. The SMILES string of the molecule is O=C1OC(c2ccc(Br)cc2)=N/C1=C\C(Cl)=C\c1ccccc1. The van der Waals surface area contributed by atoms with Crippen LogP contribution in [0.5, 0.6) is 0 Å². The van der Waals surface area contributed by atoms with Crippen LogP contribution in [0.2, 0.25) is 0 Å². The number of benzene rings is 2. The second-order valence-electron chi connectivity index (χ2n) is 4.78. The molecule has 0 spiro atoms. The minimum Gasteiger partial charge on any atom is -0.402 e. The predicted molar refractivity (Wildman–Crippen MR) is 95.1 cm³/mol. The van der Waals surface area contributed by atoms with Gasteiger partial charge in [0.1, 0.15) is 0 Å². The van der Waals surface area contributed by atoms with Crippen LogP contribution in [0.25, 0.3) is 6.08 Å². The number of carbonyl (C=O) groups excluding carboxylic acids is 1. The van der Waals surface area contributed by atoms with Crippen molar-refractivity contribution in [1.82, 2.24) is 0 Å². The van der Waals surface area contributed by atoms with Crippen molar-refractivity contribution in [1.29, 1.82) is 0 Å². The molecular formula is C18H11BrClNO2. The lowest BCUT2D eigenvalue weighted by atomic mass is 10.2. The highest BCUT2D eigenvalue weighted by Gasteiger charge is 2.24. The summed E-state index contributed by atoms with van der Waals surface area (Å²) in [4.78, 5) is 16.1. The van der Waals surface area contributed by atoms with Crippen LogP contribution in [0.4, 0.5) is 0 Å². The fourth-order valence-corrected chi connectivity index (χ4v) is 2.50. The summed E-state index contributed by atoms with van der Waals surface area (Å²) in [5, 5.41) is 0.406. The maximum Gasteiger partial charge on any atom is 0.363 e. The first-order valence-corrected chi connectivity index (χ1v) is 8.00. The molecular weight excluding hydrogens is 378 g/mol. The molecule has 0 aliphatic carbocycles. The van der Waals surface area contributed by atoms with E-state index in [9.17, 15) is 4.79 Å². The molecule has 0 aromatic heterocycles. The predicted octanol–water partition coefficient (Wildman–Crippen LogP) is 4.92. The van der Waals surface area contributed by atoms with Crippen LogP contribution in [0, 0.1) is 0 Å². The summed E-state index contributed by atoms with van der Waals surface area (Å²) in [6, 6.07) is 16.9. The molecule has 114 valence electrons. The fraction of sp³-hybridized carbons (Fsp3) is 0. The van der Waals surface area contributed by atoms with Crippen LogP contribution in [0.15, 0.2) is 80.9 Å². The fourth-order valence-electron chi connectivity index (χ4n) is 2.01. The minimum absolute atomic E-state index is 0.181. The number of rotatable bonds is 3. The number of nitrogens with zero attached hydrogens (tertiary/aromatic N) is 1. The van der Waals surface area contributed by atoms with Crippen LogP contribution in [0.3, 0.4) is 0 Å². The molecule has 0 N–H and O–H groups in total. The van der Waals surface area contributed by atoms with Gasteiger partial charge in [0.2, 0.25) is 5.90 Å². The Hall–Kier alpha value is -2.17. The molecule has 5 heteroatoms. The Morgan fingerprint density at radius 1 is 1.09 bits per heavy atom. The van der Waals surface area contributed by atoms with Gasteiger partial charge in [0.25, 0.3) is 0 Å². The van der Waals surface area contributed by atoms with Crippen molar-refractivity contribution in [2.75, 3.05) is 0 Å². The van der Waals surface area contributed by atoms with Crippen LogP contribution in [-0.4, -0.2) is 11.9 Å². The van der Waals surface area contributed by atoms with Gasteiger partial charge in [0, 0.05) is 15.1 Å². The van der Waals surface area contributed by atoms with E-state index >= 15 is 0 Å². The number of aliphatic imine (C=N–C) groups is 1. The summed E-state index contributed by atoms with van der Waals surface area (Å²) >= 11 is 9.53. The number of carbonyl (C=O) groups is 1. The largest absolute Gasteiger partial charge is 0.402 e. The Balaban J connectivity index is 1.86. The molecule has 0 amide bonds. The van der Waals surface area contributed by atoms with E-state index in [2.05, 4.69) is 20.9 Å². The average molecular weight is 389 g/mol. The van der Waals surface area contributed by atoms with E-state index in [4.69, 9.17) is 16.3 Å². The van der Waals surface area contributed by atoms with Gasteiger partial charge in [0.15, 0.2) is 5.70 Å². The third-order valence-corrected chi connectivity index (χ3v) is 3.84. The monoisotopic (exact) mass is 387 g/mol. The van der Waals surface area contributed by atoms with E-state index in [1.165, 1.54) is 6.08 Å². The molecule has 1 aliphatic heterocycles. The quantitative estimate of drug-likeness (QED) is 0.553. The van der Waals surface area contributed by atoms with Gasteiger partial charge in [0.05, 0.1) is 0 Å². The molecule has 3 rings (SSSR count). The molecule has 1 aliphatic rings. The van der Waals surface area contributed by atoms with Gasteiger partial charge in [-0.2, -0.15) is 0 Å². The first kappa shape index (κ1) is 15.7. The van der Waals surface area contributed by atoms with Crippen LogP contribution >= 0.6 is 27.5 Å². The highest BCUT2D eigenvalue weighted by Crippen LogP contribution is 2.21. The van der Waals surface area contributed by atoms with Crippen molar-refractivity contribution < 1.29 is 9.53 Å². The van der Waals surface area contributed by atoms with Gasteiger partial charge in [-0.1, -0.05) is 57.9 Å². The average Bonchev–Trinajstić information content (AvgIpc) is 2.90. The Morgan fingerprint density at radius 2 is 1.78 bits per heavy atom. The van der Waals surface area contributed by atoms with Gasteiger partial charge in [-0.05, 0) is 42.0 Å². The maximum atomic E-state index is 11.9. The number of ether oxygens (including phenoxy) is 1. The number of hydrogen-bond acceptors (Lipinski definition) is 3. The van der Waals surface area contributed by atoms with E-state index < -0.39 is 5.97 Å². The summed E-state index contributed by atoms with van der Waals surface area (Å²) < 4.78 is 6.13. The highest BCUT2D eigenvalue weighted by atomic mass is 79.9. The van der Waals surface area contributed by atoms with E-state index in [1.807, 2.05) is 54.6 Å². The van der Waals surface area contributed by atoms with Crippen molar-refractivity contribution in [3.63, 3.8) is 0 Å². The molecule has 0 radical (unpaired) electrons. The number of esters is 1. The van der Waals surface area contributed by atoms with Gasteiger partial charge < -0.3 is 4.74 Å². The molecule has 0 unspecified atom stereocenters. The Morgan fingerprint density at radius 3 is 2.48 bits per heavy atom. The van der Waals surface area contributed by atoms with Gasteiger partial charge >= 0.3 is 5.97 Å². The normalized spacial score (nSPS) is 16.4. The standard InChI is InChI=1S/C18H11BrClNO2/c19-14-8-6-13(7-9-14)17-21-16(18(22)23-17)11-15(20)10-12-4-2-1-3-5-12/h1-11H/b15-10-,16-11-. The van der Waals surface area contributed by atoms with Crippen molar-refractivity contribution >= 4 is 45.5 Å². The van der Waals surface area contributed by atoms with Crippen molar-refractivity contribution in [2.45, 2.75) is 0 Å². The summed E-state index contributed by atoms with van der Waals surface area (Å²) in [6.45, 7) is 0. The zero-order chi connectivity index (χ0) is 16.2. The lowest BCUT2D eigenvalue weighted by Crippen LogP contribution is -2.05. The van der Waals surface area contributed by atoms with Crippen molar-refractivity contribution in [3.8, 4) is 0 Å². The first-order valence-electron chi connectivity index (χ1n) is 6.82. The first-order chi connectivity index (χ1) is 11.1. The zero-order valence-corrected chi connectivity index (χ0v) is 14.2. The van der Waals surface area contributed by atoms with E-state index in [0.29, 0.717) is 5.03 Å². The zero-order valence-electron chi connectivity index (χ0n) is 11.9. The number of hydrogen-bond donors (Lipinski definition) is 0. The summed E-state index contributed by atoms with van der Waals surface area (Å²) in [7, 11) is 0. The van der Waals surface area contributed by atoms with Gasteiger partial charge in [-0.3, -0.25) is 0 Å². The number of allylic oxidation sites excluding steroid dienone is 2. The second kappa shape index (κ2) is 6.94. The second-order valence-corrected chi connectivity index (χ2v) is 6.13. The van der Waals surface area contributed by atoms with Crippen LogP contribution in [0.1, 0.15) is 11.1 Å². The maximum absolute atomic E-state index is 11.9. The molecule has 23 heavy (non-hydrogen) atoms. The van der Waals surface area contributed by atoms with Gasteiger partial charge in [-0.15, -0.1) is 0 Å². The van der Waals surface area contributed by atoms with Crippen molar-refractivity contribution in [3.05, 3.63) is 87.0 Å². The molecule has 0 saturated carbocycles. The molecule has 2 aromatic rings. The topological polar surface area (TPSA) is 38.7 Å². The molecule has 3 nitrogen and oxygen atoms in total. The third-order valence-electron chi connectivity index (χ3n) is 3.09. The molecule has 1 heterocycles. The van der Waals surface area contributed by atoms with E-state index in [0.717, 1.165) is 15.6 Å². The van der Waals surface area contributed by atoms with E-state index in [1.54, 1.807) is 6.08 Å². The highest BCUT2D eigenvalue weighted by molar-refractivity contribution is 9.10. The van der Waals surface area contributed by atoms with Crippen LogP contribution < -0.4 is 0 Å². The van der Waals surface area contributed by atoms with E-state index in [-0.39, 0.29) is 11.6 Å². The van der Waals surface area contributed by atoms with Crippen LogP contribution in [-0.2, 0) is 9.53 Å². The number of halogens is 2. The molecule has 0 bridgehead atoms.